The van der Waals surface area contributed by atoms with Gasteiger partial charge in [-0.05, 0) is 43.4 Å². The summed E-state index contributed by atoms with van der Waals surface area (Å²) >= 11 is 0. The van der Waals surface area contributed by atoms with Crippen molar-refractivity contribution in [1.82, 2.24) is 9.62 Å². The molecule has 32 heavy (non-hydrogen) atoms. The van der Waals surface area contributed by atoms with Gasteiger partial charge in [-0.25, -0.2) is 12.8 Å². The average molecular weight is 463 g/mol. The number of nitrogens with one attached hydrogen (secondary N) is 1. The first-order chi connectivity index (χ1) is 15.4. The fraction of sp³-hybridized carbons (Fsp3) is 0.391. The smallest absolute Gasteiger partial charge is 0.309 e. The van der Waals surface area contributed by atoms with Crippen molar-refractivity contribution in [1.29, 1.82) is 0 Å². The summed E-state index contributed by atoms with van der Waals surface area (Å²) in [5, 5.41) is 2.72. The van der Waals surface area contributed by atoms with Crippen molar-refractivity contribution in [2.75, 3.05) is 26.2 Å². The molecule has 2 aromatic rings. The van der Waals surface area contributed by atoms with Crippen molar-refractivity contribution >= 4 is 21.9 Å². The highest BCUT2D eigenvalue weighted by molar-refractivity contribution is 7.89. The molecule has 1 saturated heterocycles. The Balaban J connectivity index is 1.37. The van der Waals surface area contributed by atoms with Crippen LogP contribution in [-0.2, 0) is 30.8 Å². The Bertz CT molecular complexity index is 1020. The lowest BCUT2D eigenvalue weighted by Gasteiger charge is -2.30. The van der Waals surface area contributed by atoms with Crippen molar-refractivity contribution in [3.8, 4) is 0 Å². The van der Waals surface area contributed by atoms with Crippen LogP contribution < -0.4 is 5.32 Å². The van der Waals surface area contributed by atoms with E-state index in [2.05, 4.69) is 5.32 Å². The zero-order valence-electron chi connectivity index (χ0n) is 17.7. The summed E-state index contributed by atoms with van der Waals surface area (Å²) < 4.78 is 45.4. The molecule has 172 valence electrons. The molecule has 0 bridgehead atoms. The second-order valence-electron chi connectivity index (χ2n) is 7.66. The van der Waals surface area contributed by atoms with Gasteiger partial charge in [-0.1, -0.05) is 42.5 Å². The molecule has 0 aliphatic carbocycles. The third-order valence-electron chi connectivity index (χ3n) is 5.39. The molecule has 1 heterocycles. The van der Waals surface area contributed by atoms with Crippen LogP contribution in [0.15, 0.2) is 59.5 Å². The van der Waals surface area contributed by atoms with Crippen LogP contribution >= 0.6 is 0 Å². The van der Waals surface area contributed by atoms with Gasteiger partial charge in [0, 0.05) is 19.6 Å². The second-order valence-corrected chi connectivity index (χ2v) is 9.56. The molecular formula is C23H27FN2O5S. The van der Waals surface area contributed by atoms with Gasteiger partial charge < -0.3 is 10.1 Å². The molecule has 1 aliphatic rings. The minimum Gasteiger partial charge on any atom is -0.455 e. The zero-order chi connectivity index (χ0) is 23.0. The van der Waals surface area contributed by atoms with Crippen LogP contribution in [-0.4, -0.2) is 50.8 Å². The summed E-state index contributed by atoms with van der Waals surface area (Å²) in [4.78, 5) is 23.8. The van der Waals surface area contributed by atoms with Crippen LogP contribution in [0.2, 0.25) is 0 Å². The fourth-order valence-corrected chi connectivity index (χ4v) is 5.13. The van der Waals surface area contributed by atoms with Crippen LogP contribution in [0.5, 0.6) is 0 Å². The van der Waals surface area contributed by atoms with E-state index in [-0.39, 0.29) is 43.3 Å². The highest BCUT2D eigenvalue weighted by Gasteiger charge is 2.34. The molecule has 1 N–H and O–H groups in total. The molecule has 7 nitrogen and oxygen atoms in total. The first-order valence-corrected chi connectivity index (χ1v) is 12.0. The first kappa shape index (κ1) is 23.9. The predicted molar refractivity (Wildman–Crippen MR) is 117 cm³/mol. The quantitative estimate of drug-likeness (QED) is 0.457. The Morgan fingerprint density at radius 1 is 1.03 bits per heavy atom. The van der Waals surface area contributed by atoms with Gasteiger partial charge in [0.1, 0.15) is 10.7 Å². The number of rotatable bonds is 9. The van der Waals surface area contributed by atoms with Gasteiger partial charge in [-0.2, -0.15) is 4.31 Å². The van der Waals surface area contributed by atoms with Gasteiger partial charge in [0.15, 0.2) is 6.61 Å². The topological polar surface area (TPSA) is 92.8 Å². The molecule has 0 aromatic heterocycles. The Morgan fingerprint density at radius 3 is 2.38 bits per heavy atom. The Kier molecular flexibility index (Phi) is 8.35. The standard InChI is InChI=1S/C23H27FN2O5S/c24-20-10-4-5-11-21(20)32(29,30)26-15-12-19(13-16-26)23(28)31-17-22(27)25-14-6-9-18-7-2-1-3-8-18/h1-5,7-8,10-11,19H,6,9,12-17H2,(H,25,27). The number of carbonyl (C=O) groups excluding carboxylic acids is 2. The lowest BCUT2D eigenvalue weighted by atomic mass is 9.98. The number of hydrogen-bond donors (Lipinski definition) is 1. The Hall–Kier alpha value is -2.78. The van der Waals surface area contributed by atoms with E-state index in [4.69, 9.17) is 4.74 Å². The summed E-state index contributed by atoms with van der Waals surface area (Å²) in [5.41, 5.74) is 1.19. The van der Waals surface area contributed by atoms with Crippen LogP contribution in [0.3, 0.4) is 0 Å². The minimum atomic E-state index is -3.96. The molecule has 0 spiro atoms. The maximum absolute atomic E-state index is 13.9. The summed E-state index contributed by atoms with van der Waals surface area (Å²) in [6.45, 7) is 0.291. The van der Waals surface area contributed by atoms with Gasteiger partial charge in [0.05, 0.1) is 5.92 Å². The molecule has 3 rings (SSSR count). The number of benzene rings is 2. The lowest BCUT2D eigenvalue weighted by molar-refractivity contribution is -0.153. The second kappa shape index (κ2) is 11.2. The summed E-state index contributed by atoms with van der Waals surface area (Å²) in [5.74, 6) is -2.19. The zero-order valence-corrected chi connectivity index (χ0v) is 18.5. The van der Waals surface area contributed by atoms with Crippen LogP contribution in [0.4, 0.5) is 4.39 Å². The third kappa shape index (κ3) is 6.37. The molecule has 1 fully saturated rings. The SMILES string of the molecule is O=C(COC(=O)C1CCN(S(=O)(=O)c2ccccc2F)CC1)NCCCc1ccccc1. The summed E-state index contributed by atoms with van der Waals surface area (Å²) in [7, 11) is -3.96. The van der Waals surface area contributed by atoms with Crippen molar-refractivity contribution in [2.24, 2.45) is 5.92 Å². The number of aryl methyl sites for hydroxylation is 1. The molecule has 0 saturated carbocycles. The van der Waals surface area contributed by atoms with Gasteiger partial charge >= 0.3 is 5.97 Å². The lowest BCUT2D eigenvalue weighted by Crippen LogP contribution is -2.41. The van der Waals surface area contributed by atoms with Crippen LogP contribution in [0.1, 0.15) is 24.8 Å². The third-order valence-corrected chi connectivity index (χ3v) is 7.33. The number of halogens is 1. The number of piperidine rings is 1. The maximum Gasteiger partial charge on any atom is 0.309 e. The van der Waals surface area contributed by atoms with Crippen molar-refractivity contribution < 1.29 is 27.1 Å². The van der Waals surface area contributed by atoms with E-state index in [9.17, 15) is 22.4 Å². The maximum atomic E-state index is 13.9. The van der Waals surface area contributed by atoms with Gasteiger partial charge in [0.25, 0.3) is 5.91 Å². The normalized spacial score (nSPS) is 15.3. The van der Waals surface area contributed by atoms with E-state index in [0.717, 1.165) is 18.9 Å². The van der Waals surface area contributed by atoms with Gasteiger partial charge in [-0.3, -0.25) is 9.59 Å². The number of ether oxygens (including phenoxy) is 1. The molecule has 0 radical (unpaired) electrons. The van der Waals surface area contributed by atoms with E-state index in [1.54, 1.807) is 0 Å². The van der Waals surface area contributed by atoms with E-state index in [1.807, 2.05) is 30.3 Å². The van der Waals surface area contributed by atoms with E-state index < -0.39 is 27.7 Å². The van der Waals surface area contributed by atoms with Gasteiger partial charge in [-0.15, -0.1) is 0 Å². The van der Waals surface area contributed by atoms with E-state index in [0.29, 0.717) is 6.54 Å². The molecule has 0 atom stereocenters. The molecule has 2 aromatic carbocycles. The number of amides is 1. The molecule has 9 heteroatoms. The predicted octanol–water partition coefficient (Wildman–Crippen LogP) is 2.52. The number of carbonyl (C=O) groups is 2. The molecular weight excluding hydrogens is 435 g/mol. The monoisotopic (exact) mass is 462 g/mol. The van der Waals surface area contributed by atoms with Crippen molar-refractivity contribution in [2.45, 2.75) is 30.6 Å². The minimum absolute atomic E-state index is 0.0854. The number of sulfonamides is 1. The Labute approximate surface area is 187 Å². The highest BCUT2D eigenvalue weighted by Crippen LogP contribution is 2.25. The fourth-order valence-electron chi connectivity index (χ4n) is 3.60. The molecule has 0 unspecified atom stereocenters. The average Bonchev–Trinajstić information content (AvgIpc) is 2.81. The first-order valence-electron chi connectivity index (χ1n) is 10.6. The summed E-state index contributed by atoms with van der Waals surface area (Å²) in [6.07, 6.45) is 2.13. The van der Waals surface area contributed by atoms with E-state index in [1.165, 1.54) is 28.1 Å². The van der Waals surface area contributed by atoms with Gasteiger partial charge in [0.2, 0.25) is 10.0 Å². The number of nitrogens with zero attached hydrogens (tertiary/aromatic N) is 1. The van der Waals surface area contributed by atoms with E-state index >= 15 is 0 Å². The van der Waals surface area contributed by atoms with Crippen LogP contribution in [0.25, 0.3) is 0 Å². The highest BCUT2D eigenvalue weighted by atomic mass is 32.2. The van der Waals surface area contributed by atoms with Crippen molar-refractivity contribution in [3.63, 3.8) is 0 Å². The summed E-state index contributed by atoms with van der Waals surface area (Å²) in [6, 6.07) is 15.1. The number of hydrogen-bond acceptors (Lipinski definition) is 5. The Morgan fingerprint density at radius 2 is 1.69 bits per heavy atom. The molecule has 1 amide bonds. The van der Waals surface area contributed by atoms with Crippen molar-refractivity contribution in [3.05, 3.63) is 66.0 Å². The van der Waals surface area contributed by atoms with Crippen LogP contribution in [0, 0.1) is 11.7 Å². The molecule has 1 aliphatic heterocycles. The number of esters is 1. The largest absolute Gasteiger partial charge is 0.455 e.